The summed E-state index contributed by atoms with van der Waals surface area (Å²) in [6.45, 7) is 5.06. The molecule has 3 aromatic heterocycles. The first kappa shape index (κ1) is 18.6. The largest absolute Gasteiger partial charge is 0.476 e. The molecule has 7 nitrogen and oxygen atoms in total. The van der Waals surface area contributed by atoms with Crippen LogP contribution in [0.4, 0.5) is 5.69 Å². The zero-order chi connectivity index (χ0) is 19.7. The number of nitrogens with zero attached hydrogens (tertiary/aromatic N) is 4. The molecule has 0 spiro atoms. The monoisotopic (exact) mass is 397 g/mol. The zero-order valence-corrected chi connectivity index (χ0v) is 17.0. The van der Waals surface area contributed by atoms with Gasteiger partial charge in [0.2, 0.25) is 5.88 Å². The van der Waals surface area contributed by atoms with E-state index in [9.17, 15) is 4.79 Å². The maximum atomic E-state index is 12.3. The molecule has 8 heteroatoms. The van der Waals surface area contributed by atoms with Gasteiger partial charge in [-0.1, -0.05) is 6.07 Å². The Morgan fingerprint density at radius 1 is 1.36 bits per heavy atom. The predicted octanol–water partition coefficient (Wildman–Crippen LogP) is 3.04. The van der Waals surface area contributed by atoms with Gasteiger partial charge in [-0.25, -0.2) is 9.67 Å². The van der Waals surface area contributed by atoms with Crippen molar-refractivity contribution < 1.29 is 4.74 Å². The summed E-state index contributed by atoms with van der Waals surface area (Å²) >= 11 is 1.57. The van der Waals surface area contributed by atoms with E-state index >= 15 is 0 Å². The highest BCUT2D eigenvalue weighted by Gasteiger charge is 2.40. The second-order valence-corrected chi connectivity index (χ2v) is 8.18. The predicted molar refractivity (Wildman–Crippen MR) is 109 cm³/mol. The van der Waals surface area contributed by atoms with E-state index < -0.39 is 0 Å². The molecule has 0 unspecified atom stereocenters. The summed E-state index contributed by atoms with van der Waals surface area (Å²) < 4.78 is 7.19. The number of thiazole rings is 1. The van der Waals surface area contributed by atoms with Crippen molar-refractivity contribution in [3.05, 3.63) is 62.1 Å². The first-order valence-corrected chi connectivity index (χ1v) is 10.2. The van der Waals surface area contributed by atoms with Gasteiger partial charge in [-0.05, 0) is 31.9 Å². The van der Waals surface area contributed by atoms with Gasteiger partial charge in [-0.3, -0.25) is 9.78 Å². The van der Waals surface area contributed by atoms with Crippen molar-refractivity contribution >= 4 is 17.0 Å². The molecule has 0 aliphatic heterocycles. The molecule has 4 rings (SSSR count). The van der Waals surface area contributed by atoms with E-state index in [-0.39, 0.29) is 5.56 Å². The number of aromatic nitrogens is 4. The Bertz CT molecular complexity index is 1030. The minimum Gasteiger partial charge on any atom is -0.476 e. The van der Waals surface area contributed by atoms with E-state index in [1.54, 1.807) is 24.5 Å². The molecule has 1 saturated carbocycles. The van der Waals surface area contributed by atoms with Gasteiger partial charge in [0.1, 0.15) is 10.7 Å². The highest BCUT2D eigenvalue weighted by atomic mass is 32.1. The fourth-order valence-corrected chi connectivity index (χ4v) is 3.83. The van der Waals surface area contributed by atoms with Gasteiger partial charge in [0.05, 0.1) is 13.2 Å². The topological polar surface area (TPSA) is 81.9 Å². The Balaban J connectivity index is 1.37. The third-order valence-electron chi connectivity index (χ3n) is 4.82. The van der Waals surface area contributed by atoms with Crippen LogP contribution in [0.2, 0.25) is 0 Å². The Kier molecular flexibility index (Phi) is 5.13. The highest BCUT2D eigenvalue weighted by Crippen LogP contribution is 2.46. The standard InChI is InChI=1S/C20H23N5O2S/c1-12-4-5-16(21-8-12)15-6-14(15)10-27-18-7-17(20(26)25(3)24-18)22-9-19-23-13(2)11-28-19/h4-5,7-8,11,14-15,22H,6,9-10H2,1-3H3/t14-,15+/m1/s1. The zero-order valence-electron chi connectivity index (χ0n) is 16.2. The van der Waals surface area contributed by atoms with Crippen molar-refractivity contribution in [1.82, 2.24) is 19.7 Å². The maximum absolute atomic E-state index is 12.3. The van der Waals surface area contributed by atoms with Crippen LogP contribution in [-0.2, 0) is 13.6 Å². The number of hydrogen-bond acceptors (Lipinski definition) is 7. The van der Waals surface area contributed by atoms with Crippen molar-refractivity contribution in [1.29, 1.82) is 0 Å². The molecule has 3 aromatic rings. The number of rotatable bonds is 7. The Hall–Kier alpha value is -2.74. The number of pyridine rings is 1. The molecule has 1 N–H and O–H groups in total. The lowest BCUT2D eigenvalue weighted by Gasteiger charge is -2.10. The summed E-state index contributed by atoms with van der Waals surface area (Å²) in [5.74, 6) is 1.32. The normalized spacial score (nSPS) is 18.1. The molecule has 1 aliphatic rings. The molecule has 0 aromatic carbocycles. The van der Waals surface area contributed by atoms with Crippen LogP contribution >= 0.6 is 11.3 Å². The summed E-state index contributed by atoms with van der Waals surface area (Å²) in [4.78, 5) is 21.2. The van der Waals surface area contributed by atoms with Crippen LogP contribution in [-0.4, -0.2) is 26.4 Å². The van der Waals surface area contributed by atoms with Crippen molar-refractivity contribution in [3.63, 3.8) is 0 Å². The van der Waals surface area contributed by atoms with Crippen molar-refractivity contribution in [2.24, 2.45) is 13.0 Å². The van der Waals surface area contributed by atoms with Gasteiger partial charge < -0.3 is 10.1 Å². The second-order valence-electron chi connectivity index (χ2n) is 7.23. The average molecular weight is 398 g/mol. The fraction of sp³-hybridized carbons (Fsp3) is 0.400. The molecular weight excluding hydrogens is 374 g/mol. The van der Waals surface area contributed by atoms with E-state index in [2.05, 4.69) is 32.5 Å². The first-order chi connectivity index (χ1) is 13.5. The summed E-state index contributed by atoms with van der Waals surface area (Å²) in [7, 11) is 1.63. The summed E-state index contributed by atoms with van der Waals surface area (Å²) in [6, 6.07) is 5.85. The van der Waals surface area contributed by atoms with Gasteiger partial charge in [0.25, 0.3) is 5.56 Å². The highest BCUT2D eigenvalue weighted by molar-refractivity contribution is 7.09. The molecule has 3 heterocycles. The lowest BCUT2D eigenvalue weighted by Crippen LogP contribution is -2.24. The number of hydrogen-bond donors (Lipinski definition) is 1. The van der Waals surface area contributed by atoms with E-state index in [1.807, 2.05) is 25.4 Å². The summed E-state index contributed by atoms with van der Waals surface area (Å²) in [5.41, 5.74) is 3.55. The SMILES string of the molecule is Cc1ccc([C@H]2C[C@@H]2COc2cc(NCc3nc(C)cs3)c(=O)n(C)n2)nc1. The lowest BCUT2D eigenvalue weighted by atomic mass is 10.2. The van der Waals surface area contributed by atoms with Gasteiger partial charge in [-0.15, -0.1) is 16.4 Å². The minimum absolute atomic E-state index is 0.186. The van der Waals surface area contributed by atoms with E-state index in [0.29, 0.717) is 36.6 Å². The number of nitrogens with one attached hydrogen (secondary N) is 1. The lowest BCUT2D eigenvalue weighted by molar-refractivity contribution is 0.278. The number of ether oxygens (including phenoxy) is 1. The molecule has 0 saturated heterocycles. The van der Waals surface area contributed by atoms with Gasteiger partial charge in [0.15, 0.2) is 0 Å². The quantitative estimate of drug-likeness (QED) is 0.660. The second kappa shape index (κ2) is 7.71. The van der Waals surface area contributed by atoms with Crippen molar-refractivity contribution in [3.8, 4) is 5.88 Å². The van der Waals surface area contributed by atoms with Crippen LogP contribution in [0.5, 0.6) is 5.88 Å². The van der Waals surface area contributed by atoms with E-state index in [4.69, 9.17) is 4.74 Å². The fourth-order valence-electron chi connectivity index (χ4n) is 3.12. The Morgan fingerprint density at radius 3 is 2.93 bits per heavy atom. The molecule has 0 bridgehead atoms. The summed E-state index contributed by atoms with van der Waals surface area (Å²) in [6.07, 6.45) is 2.97. The molecule has 0 radical (unpaired) electrons. The minimum atomic E-state index is -0.186. The number of anilines is 1. The summed E-state index contributed by atoms with van der Waals surface area (Å²) in [5, 5.41) is 10.3. The molecule has 1 aliphatic carbocycles. The number of aryl methyl sites for hydroxylation is 3. The molecule has 28 heavy (non-hydrogen) atoms. The Morgan fingerprint density at radius 2 is 2.21 bits per heavy atom. The van der Waals surface area contributed by atoms with Gasteiger partial charge in [-0.2, -0.15) is 0 Å². The van der Waals surface area contributed by atoms with Crippen LogP contribution in [0.1, 0.15) is 34.3 Å². The Labute approximate surface area is 167 Å². The molecule has 1 fully saturated rings. The van der Waals surface area contributed by atoms with Crippen LogP contribution in [0, 0.1) is 19.8 Å². The van der Waals surface area contributed by atoms with Crippen LogP contribution in [0.25, 0.3) is 0 Å². The van der Waals surface area contributed by atoms with Gasteiger partial charge >= 0.3 is 0 Å². The van der Waals surface area contributed by atoms with Gasteiger partial charge in [0, 0.05) is 47.9 Å². The molecule has 146 valence electrons. The van der Waals surface area contributed by atoms with Crippen molar-refractivity contribution in [2.45, 2.75) is 32.7 Å². The van der Waals surface area contributed by atoms with E-state index in [1.165, 1.54) is 10.2 Å². The molecule has 2 atom stereocenters. The van der Waals surface area contributed by atoms with Crippen molar-refractivity contribution in [2.75, 3.05) is 11.9 Å². The molecular formula is C20H23N5O2S. The third kappa shape index (κ3) is 4.22. The van der Waals surface area contributed by atoms with E-state index in [0.717, 1.165) is 22.8 Å². The van der Waals surface area contributed by atoms with Crippen LogP contribution in [0.3, 0.4) is 0 Å². The maximum Gasteiger partial charge on any atom is 0.290 e. The third-order valence-corrected chi connectivity index (χ3v) is 5.79. The van der Waals surface area contributed by atoms with Crippen LogP contribution in [0.15, 0.2) is 34.6 Å². The van der Waals surface area contributed by atoms with Crippen LogP contribution < -0.4 is 15.6 Å². The average Bonchev–Trinajstić information content (AvgIpc) is 3.34. The molecule has 0 amide bonds. The first-order valence-electron chi connectivity index (χ1n) is 9.28. The smallest absolute Gasteiger partial charge is 0.290 e.